The van der Waals surface area contributed by atoms with Gasteiger partial charge in [-0.15, -0.1) is 0 Å². The number of likely N-dealkylation sites (N-methyl/N-ethyl adjacent to an activating group) is 1. The van der Waals surface area contributed by atoms with Crippen LogP contribution in [0.1, 0.15) is 36.6 Å². The summed E-state index contributed by atoms with van der Waals surface area (Å²) in [4.78, 5) is 62.8. The molecule has 6 rings (SSSR count). The van der Waals surface area contributed by atoms with Gasteiger partial charge in [0, 0.05) is 19.2 Å². The Hall–Kier alpha value is -5.52. The number of amides is 4. The summed E-state index contributed by atoms with van der Waals surface area (Å²) in [5.74, 6) is -3.10. The minimum atomic E-state index is -0.882. The number of rotatable bonds is 7. The van der Waals surface area contributed by atoms with Crippen LogP contribution in [0.15, 0.2) is 73.1 Å². The number of anilines is 2. The van der Waals surface area contributed by atoms with E-state index in [1.54, 1.807) is 42.3 Å². The molecule has 0 spiro atoms. The third kappa shape index (κ3) is 5.30. The molecule has 0 saturated carbocycles. The first-order valence-electron chi connectivity index (χ1n) is 13.4. The van der Waals surface area contributed by atoms with E-state index in [9.17, 15) is 23.6 Å². The Morgan fingerprint density at radius 1 is 0.977 bits per heavy atom. The van der Waals surface area contributed by atoms with Crippen molar-refractivity contribution in [3.8, 4) is 11.3 Å². The van der Waals surface area contributed by atoms with Gasteiger partial charge >= 0.3 is 0 Å². The summed E-state index contributed by atoms with van der Waals surface area (Å²) in [6.07, 6.45) is 1.32. The molecule has 2 aliphatic rings. The van der Waals surface area contributed by atoms with E-state index < -0.39 is 35.4 Å². The average Bonchev–Trinajstić information content (AvgIpc) is 3.21. The fraction of sp³-hybridized carbons (Fsp3) is 0.161. The lowest BCUT2D eigenvalue weighted by Crippen LogP contribution is -2.47. The van der Waals surface area contributed by atoms with Crippen molar-refractivity contribution >= 4 is 35.1 Å². The normalized spacial score (nSPS) is 14.7. The molecule has 0 fully saturated rings. The van der Waals surface area contributed by atoms with Gasteiger partial charge in [0.1, 0.15) is 23.6 Å². The molecule has 1 aromatic heterocycles. The first-order valence-corrected chi connectivity index (χ1v) is 13.4. The molecule has 1 atom stereocenters. The minimum Gasteiger partial charge on any atom is -0.361 e. The Kier molecular flexibility index (Phi) is 7.10. The molecule has 3 heterocycles. The van der Waals surface area contributed by atoms with Crippen molar-refractivity contribution in [2.45, 2.75) is 12.5 Å². The number of hydrogen-bond donors (Lipinski definition) is 2. The van der Waals surface area contributed by atoms with Crippen LogP contribution in [0.3, 0.4) is 0 Å². The number of carbonyl (C=O) groups is 4. The maximum atomic E-state index is 15.1. The van der Waals surface area contributed by atoms with Crippen LogP contribution in [-0.4, -0.2) is 64.7 Å². The largest absolute Gasteiger partial charge is 0.361 e. The van der Waals surface area contributed by atoms with Gasteiger partial charge in [-0.2, -0.15) is 0 Å². The summed E-state index contributed by atoms with van der Waals surface area (Å²) in [6.45, 7) is -0.165. The zero-order valence-electron chi connectivity index (χ0n) is 22.8. The van der Waals surface area contributed by atoms with Crippen LogP contribution >= 0.6 is 0 Å². The molecule has 216 valence electrons. The van der Waals surface area contributed by atoms with Crippen LogP contribution in [0.4, 0.5) is 20.3 Å². The molecule has 4 aromatic rings. The molecule has 3 aromatic carbocycles. The molecule has 0 saturated heterocycles. The van der Waals surface area contributed by atoms with E-state index in [-0.39, 0.29) is 47.9 Å². The lowest BCUT2D eigenvalue weighted by Gasteiger charge is -2.28. The number of nitrogens with one attached hydrogen (secondary N) is 2. The van der Waals surface area contributed by atoms with Crippen molar-refractivity contribution in [3.63, 3.8) is 0 Å². The highest BCUT2D eigenvalue weighted by Gasteiger charge is 2.37. The van der Waals surface area contributed by atoms with Gasteiger partial charge < -0.3 is 15.5 Å². The summed E-state index contributed by atoms with van der Waals surface area (Å²) in [7, 11) is 1.69. The van der Waals surface area contributed by atoms with Crippen molar-refractivity contribution in [1.82, 2.24) is 20.2 Å². The Labute approximate surface area is 244 Å². The lowest BCUT2D eigenvalue weighted by molar-refractivity contribution is -0.115. The van der Waals surface area contributed by atoms with E-state index in [1.165, 1.54) is 36.7 Å². The predicted molar refractivity (Wildman–Crippen MR) is 152 cm³/mol. The molecule has 0 bridgehead atoms. The molecule has 4 amide bonds. The third-order valence-corrected chi connectivity index (χ3v) is 7.31. The van der Waals surface area contributed by atoms with Crippen LogP contribution in [-0.2, 0) is 11.2 Å². The number of benzene rings is 3. The molecule has 43 heavy (non-hydrogen) atoms. The molecule has 2 aliphatic heterocycles. The number of hydrogen-bond acceptors (Lipinski definition) is 7. The average molecular weight is 583 g/mol. The molecule has 0 aliphatic carbocycles. The fourth-order valence-corrected chi connectivity index (χ4v) is 5.35. The Morgan fingerprint density at radius 2 is 1.72 bits per heavy atom. The lowest BCUT2D eigenvalue weighted by atomic mass is 10.0. The minimum absolute atomic E-state index is 0.0570. The second-order valence-corrected chi connectivity index (χ2v) is 10.3. The maximum Gasteiger partial charge on any atom is 0.261 e. The quantitative estimate of drug-likeness (QED) is 0.320. The monoisotopic (exact) mass is 582 g/mol. The van der Waals surface area contributed by atoms with Crippen molar-refractivity contribution in [2.75, 3.05) is 30.4 Å². The third-order valence-electron chi connectivity index (χ3n) is 7.31. The van der Waals surface area contributed by atoms with Gasteiger partial charge in [-0.3, -0.25) is 24.1 Å². The summed E-state index contributed by atoms with van der Waals surface area (Å²) in [6, 6.07) is 15.2. The number of halogens is 2. The molecule has 12 heteroatoms. The number of fused-ring (bicyclic) bond motifs is 2. The second kappa shape index (κ2) is 11.0. The van der Waals surface area contributed by atoms with Gasteiger partial charge in [0.25, 0.3) is 17.7 Å². The van der Waals surface area contributed by atoms with E-state index in [1.807, 2.05) is 0 Å². The standard InChI is InChI=1S/C31H24F2N6O4/c1-38-15-25(40)37-28-27(38)26(34-16-35-28)18-9-10-24(33)23(13-18)29(41)36-20(12-17-5-4-6-19(32)11-17)14-39-30(42)21-7-2-3-8-22(21)31(39)43/h2-11,13,16,20H,12,14-15H2,1H3,(H,36,41)(H,34,35,37,40)/t20-/m0/s1. The van der Waals surface area contributed by atoms with E-state index in [0.29, 0.717) is 22.5 Å². The predicted octanol–water partition coefficient (Wildman–Crippen LogP) is 3.45. The molecular weight excluding hydrogens is 558 g/mol. The summed E-state index contributed by atoms with van der Waals surface area (Å²) in [5.41, 5.74) is 1.98. The van der Waals surface area contributed by atoms with Gasteiger partial charge in [0.05, 0.1) is 35.0 Å². The summed E-state index contributed by atoms with van der Waals surface area (Å²) < 4.78 is 29.1. The van der Waals surface area contributed by atoms with Crippen molar-refractivity contribution in [3.05, 3.63) is 107 Å². The highest BCUT2D eigenvalue weighted by molar-refractivity contribution is 6.21. The van der Waals surface area contributed by atoms with E-state index >= 15 is 4.39 Å². The number of nitrogens with zero attached hydrogens (tertiary/aromatic N) is 4. The number of carbonyl (C=O) groups excluding carboxylic acids is 4. The van der Waals surface area contributed by atoms with Crippen molar-refractivity contribution in [1.29, 1.82) is 0 Å². The molecule has 2 N–H and O–H groups in total. The number of imide groups is 1. The Morgan fingerprint density at radius 3 is 2.44 bits per heavy atom. The smallest absolute Gasteiger partial charge is 0.261 e. The Balaban J connectivity index is 1.31. The van der Waals surface area contributed by atoms with Gasteiger partial charge in [-0.25, -0.2) is 18.7 Å². The first kappa shape index (κ1) is 27.6. The zero-order chi connectivity index (χ0) is 30.2. The first-order chi connectivity index (χ1) is 20.7. The molecule has 10 nitrogen and oxygen atoms in total. The van der Waals surface area contributed by atoms with Crippen LogP contribution in [0.5, 0.6) is 0 Å². The highest BCUT2D eigenvalue weighted by Crippen LogP contribution is 2.36. The topological polar surface area (TPSA) is 125 Å². The van der Waals surface area contributed by atoms with Crippen LogP contribution in [0.2, 0.25) is 0 Å². The van der Waals surface area contributed by atoms with Gasteiger partial charge in [-0.1, -0.05) is 24.3 Å². The highest BCUT2D eigenvalue weighted by atomic mass is 19.1. The van der Waals surface area contributed by atoms with Crippen LogP contribution < -0.4 is 15.5 Å². The van der Waals surface area contributed by atoms with Crippen molar-refractivity contribution < 1.29 is 28.0 Å². The van der Waals surface area contributed by atoms with Gasteiger partial charge in [0.15, 0.2) is 5.82 Å². The summed E-state index contributed by atoms with van der Waals surface area (Å²) >= 11 is 0. The molecule has 0 radical (unpaired) electrons. The second-order valence-electron chi connectivity index (χ2n) is 10.3. The Bertz CT molecular complexity index is 1780. The van der Waals surface area contributed by atoms with Crippen LogP contribution in [0.25, 0.3) is 11.3 Å². The fourth-order valence-electron chi connectivity index (χ4n) is 5.35. The van der Waals surface area contributed by atoms with Gasteiger partial charge in [0.2, 0.25) is 5.91 Å². The molecular formula is C31H24F2N6O4. The number of aromatic nitrogens is 2. The molecule has 0 unspecified atom stereocenters. The zero-order valence-corrected chi connectivity index (χ0v) is 22.8. The van der Waals surface area contributed by atoms with E-state index in [0.717, 1.165) is 11.0 Å². The van der Waals surface area contributed by atoms with Gasteiger partial charge in [-0.05, 0) is 54.4 Å². The SMILES string of the molecule is CN1CC(=O)Nc2ncnc(-c3ccc(F)c(C(=O)N[C@@H](Cc4cccc(F)c4)CN4C(=O)c5ccccc5C4=O)c3)c21. The maximum absolute atomic E-state index is 15.1. The van der Waals surface area contributed by atoms with Crippen molar-refractivity contribution in [2.24, 2.45) is 0 Å². The van der Waals surface area contributed by atoms with E-state index in [2.05, 4.69) is 20.6 Å². The summed E-state index contributed by atoms with van der Waals surface area (Å²) in [5, 5.41) is 5.42. The van der Waals surface area contributed by atoms with Crippen LogP contribution in [0, 0.1) is 11.6 Å². The van der Waals surface area contributed by atoms with E-state index in [4.69, 9.17) is 0 Å².